The standard InChI is InChI=1S/C14H17ClN4/c1-14(4-6-16-7-5-14)19-13-3-2-10-9-17-12(15)8-11(10)18-13/h2-3,8-9,16H,4-7H2,1H3,(H,18,19). The lowest BCUT2D eigenvalue weighted by molar-refractivity contribution is 0.364. The first-order valence-corrected chi connectivity index (χ1v) is 6.94. The van der Waals surface area contributed by atoms with Crippen LogP contribution in [0.15, 0.2) is 24.4 Å². The summed E-state index contributed by atoms with van der Waals surface area (Å²) in [5.74, 6) is 0.902. The first-order valence-electron chi connectivity index (χ1n) is 6.56. The van der Waals surface area contributed by atoms with Gasteiger partial charge < -0.3 is 10.6 Å². The Bertz CT molecular complexity index is 593. The van der Waals surface area contributed by atoms with E-state index in [0.29, 0.717) is 5.15 Å². The number of anilines is 1. The van der Waals surface area contributed by atoms with E-state index >= 15 is 0 Å². The second kappa shape index (κ2) is 4.94. The van der Waals surface area contributed by atoms with Crippen molar-refractivity contribution in [2.24, 2.45) is 0 Å². The summed E-state index contributed by atoms with van der Waals surface area (Å²) in [5.41, 5.74) is 0.991. The van der Waals surface area contributed by atoms with Gasteiger partial charge in [-0.3, -0.25) is 0 Å². The minimum atomic E-state index is 0.114. The zero-order chi connectivity index (χ0) is 13.3. The number of nitrogens with zero attached hydrogens (tertiary/aromatic N) is 2. The van der Waals surface area contributed by atoms with Crippen LogP contribution >= 0.6 is 11.6 Å². The Balaban J connectivity index is 1.88. The molecule has 4 nitrogen and oxygen atoms in total. The number of piperidine rings is 1. The number of pyridine rings is 2. The summed E-state index contributed by atoms with van der Waals surface area (Å²) in [4.78, 5) is 8.68. The van der Waals surface area contributed by atoms with Gasteiger partial charge in [0.1, 0.15) is 11.0 Å². The molecule has 3 rings (SSSR count). The van der Waals surface area contributed by atoms with E-state index in [1.54, 1.807) is 12.3 Å². The van der Waals surface area contributed by atoms with Crippen LogP contribution in [0.4, 0.5) is 5.82 Å². The van der Waals surface area contributed by atoms with Crippen molar-refractivity contribution in [3.8, 4) is 0 Å². The maximum absolute atomic E-state index is 5.91. The molecule has 19 heavy (non-hydrogen) atoms. The van der Waals surface area contributed by atoms with Crippen molar-refractivity contribution in [2.45, 2.75) is 25.3 Å². The normalized spacial score (nSPS) is 18.4. The van der Waals surface area contributed by atoms with Gasteiger partial charge in [0.2, 0.25) is 0 Å². The number of fused-ring (bicyclic) bond motifs is 1. The van der Waals surface area contributed by atoms with Gasteiger partial charge in [-0.15, -0.1) is 0 Å². The summed E-state index contributed by atoms with van der Waals surface area (Å²) in [6.45, 7) is 4.35. The molecule has 5 heteroatoms. The van der Waals surface area contributed by atoms with Gasteiger partial charge in [-0.1, -0.05) is 11.6 Å². The van der Waals surface area contributed by atoms with Gasteiger partial charge in [0.15, 0.2) is 0 Å². The summed E-state index contributed by atoms with van der Waals surface area (Å²) in [7, 11) is 0. The first kappa shape index (κ1) is 12.6. The molecule has 2 N–H and O–H groups in total. The smallest absolute Gasteiger partial charge is 0.131 e. The Morgan fingerprint density at radius 1 is 1.32 bits per heavy atom. The Kier molecular flexibility index (Phi) is 3.29. The number of hydrogen-bond donors (Lipinski definition) is 2. The fourth-order valence-electron chi connectivity index (χ4n) is 2.47. The van der Waals surface area contributed by atoms with Crippen molar-refractivity contribution >= 4 is 28.3 Å². The largest absolute Gasteiger partial charge is 0.365 e. The molecule has 0 spiro atoms. The second-order valence-corrected chi connectivity index (χ2v) is 5.72. The Hall–Kier alpha value is -1.39. The molecule has 0 saturated carbocycles. The van der Waals surface area contributed by atoms with Crippen LogP contribution in [0.5, 0.6) is 0 Å². The van der Waals surface area contributed by atoms with Crippen molar-refractivity contribution in [2.75, 3.05) is 18.4 Å². The van der Waals surface area contributed by atoms with Crippen LogP contribution in [0.3, 0.4) is 0 Å². The highest BCUT2D eigenvalue weighted by Gasteiger charge is 2.26. The van der Waals surface area contributed by atoms with E-state index in [0.717, 1.165) is 42.7 Å². The van der Waals surface area contributed by atoms with Gasteiger partial charge >= 0.3 is 0 Å². The summed E-state index contributed by atoms with van der Waals surface area (Å²) in [5, 5.41) is 8.41. The molecule has 1 aliphatic heterocycles. The predicted octanol–water partition coefficient (Wildman–Crippen LogP) is 2.84. The van der Waals surface area contributed by atoms with E-state index in [-0.39, 0.29) is 5.54 Å². The van der Waals surface area contributed by atoms with E-state index in [4.69, 9.17) is 11.6 Å². The van der Waals surface area contributed by atoms with E-state index in [9.17, 15) is 0 Å². The molecule has 0 atom stereocenters. The SMILES string of the molecule is CC1(Nc2ccc3cnc(Cl)cc3n2)CCNCC1. The molecule has 0 bridgehead atoms. The fourth-order valence-corrected chi connectivity index (χ4v) is 2.63. The Morgan fingerprint density at radius 2 is 2.11 bits per heavy atom. The molecule has 0 radical (unpaired) electrons. The summed E-state index contributed by atoms with van der Waals surface area (Å²) in [6, 6.07) is 5.83. The number of hydrogen-bond acceptors (Lipinski definition) is 4. The predicted molar refractivity (Wildman–Crippen MR) is 78.7 cm³/mol. The van der Waals surface area contributed by atoms with Gasteiger partial charge in [-0.05, 0) is 45.0 Å². The molecule has 0 amide bonds. The molecule has 0 aromatic carbocycles. The third-order valence-corrected chi connectivity index (χ3v) is 3.88. The average molecular weight is 277 g/mol. The Morgan fingerprint density at radius 3 is 2.89 bits per heavy atom. The topological polar surface area (TPSA) is 49.8 Å². The van der Waals surface area contributed by atoms with Crippen molar-refractivity contribution in [1.29, 1.82) is 0 Å². The molecular formula is C14H17ClN4. The van der Waals surface area contributed by atoms with E-state index in [1.807, 2.05) is 12.1 Å². The number of aromatic nitrogens is 2. The highest BCUT2D eigenvalue weighted by molar-refractivity contribution is 6.29. The lowest BCUT2D eigenvalue weighted by atomic mass is 9.90. The highest BCUT2D eigenvalue weighted by atomic mass is 35.5. The number of nitrogens with one attached hydrogen (secondary N) is 2. The zero-order valence-corrected chi connectivity index (χ0v) is 11.7. The highest BCUT2D eigenvalue weighted by Crippen LogP contribution is 2.24. The second-order valence-electron chi connectivity index (χ2n) is 5.33. The summed E-state index contributed by atoms with van der Waals surface area (Å²) < 4.78 is 0. The lowest BCUT2D eigenvalue weighted by Gasteiger charge is -2.35. The summed E-state index contributed by atoms with van der Waals surface area (Å²) >= 11 is 5.91. The van der Waals surface area contributed by atoms with E-state index < -0.39 is 0 Å². The van der Waals surface area contributed by atoms with Crippen LogP contribution in [0, 0.1) is 0 Å². The van der Waals surface area contributed by atoms with Crippen LogP contribution in [0.25, 0.3) is 10.9 Å². The fraction of sp³-hybridized carbons (Fsp3) is 0.429. The average Bonchev–Trinajstić information content (AvgIpc) is 2.38. The van der Waals surface area contributed by atoms with Gasteiger partial charge in [0.05, 0.1) is 5.52 Å². The Labute approximate surface area is 117 Å². The van der Waals surface area contributed by atoms with E-state index in [1.165, 1.54) is 0 Å². The van der Waals surface area contributed by atoms with Crippen LogP contribution in [0.2, 0.25) is 5.15 Å². The van der Waals surface area contributed by atoms with E-state index in [2.05, 4.69) is 27.5 Å². The monoisotopic (exact) mass is 276 g/mol. The van der Waals surface area contributed by atoms with Crippen molar-refractivity contribution in [3.63, 3.8) is 0 Å². The van der Waals surface area contributed by atoms with Crippen LogP contribution in [0.1, 0.15) is 19.8 Å². The molecule has 2 aromatic rings. The molecule has 1 saturated heterocycles. The number of rotatable bonds is 2. The van der Waals surface area contributed by atoms with Gasteiger partial charge in [0.25, 0.3) is 0 Å². The molecule has 3 heterocycles. The van der Waals surface area contributed by atoms with Gasteiger partial charge in [-0.25, -0.2) is 9.97 Å². The maximum atomic E-state index is 5.91. The first-order chi connectivity index (χ1) is 9.15. The molecule has 1 aliphatic rings. The minimum absolute atomic E-state index is 0.114. The van der Waals surface area contributed by atoms with Crippen molar-refractivity contribution in [3.05, 3.63) is 29.5 Å². The van der Waals surface area contributed by atoms with Gasteiger partial charge in [0, 0.05) is 23.2 Å². The third kappa shape index (κ3) is 2.80. The van der Waals surface area contributed by atoms with Crippen molar-refractivity contribution < 1.29 is 0 Å². The zero-order valence-electron chi connectivity index (χ0n) is 10.9. The molecule has 100 valence electrons. The van der Waals surface area contributed by atoms with Crippen LogP contribution in [-0.4, -0.2) is 28.6 Å². The third-order valence-electron chi connectivity index (χ3n) is 3.68. The molecular weight excluding hydrogens is 260 g/mol. The number of halogens is 1. The van der Waals surface area contributed by atoms with Gasteiger partial charge in [-0.2, -0.15) is 0 Å². The maximum Gasteiger partial charge on any atom is 0.131 e. The molecule has 2 aromatic heterocycles. The van der Waals surface area contributed by atoms with Crippen molar-refractivity contribution in [1.82, 2.24) is 15.3 Å². The van der Waals surface area contributed by atoms with Crippen LogP contribution in [-0.2, 0) is 0 Å². The molecule has 0 unspecified atom stereocenters. The molecule has 0 aliphatic carbocycles. The van der Waals surface area contributed by atoms with Crippen LogP contribution < -0.4 is 10.6 Å². The lowest BCUT2D eigenvalue weighted by Crippen LogP contribution is -2.45. The minimum Gasteiger partial charge on any atom is -0.365 e. The summed E-state index contributed by atoms with van der Waals surface area (Å²) in [6.07, 6.45) is 3.95. The molecule has 1 fully saturated rings. The quantitative estimate of drug-likeness (QED) is 0.828.